The molecule has 2 aromatic carbocycles. The molecule has 0 saturated carbocycles. The molecule has 3 rings (SSSR count). The van der Waals surface area contributed by atoms with Gasteiger partial charge in [0.1, 0.15) is 0 Å². The van der Waals surface area contributed by atoms with E-state index in [0.29, 0.717) is 6.10 Å². The van der Waals surface area contributed by atoms with Gasteiger partial charge in [0.05, 0.1) is 6.10 Å². The third-order valence-corrected chi connectivity index (χ3v) is 4.98. The molecule has 1 fully saturated rings. The van der Waals surface area contributed by atoms with Gasteiger partial charge in [-0.1, -0.05) is 32.9 Å². The molecule has 0 bridgehead atoms. The van der Waals surface area contributed by atoms with Crippen LogP contribution in [0.1, 0.15) is 32.8 Å². The van der Waals surface area contributed by atoms with Crippen LogP contribution in [0.5, 0.6) is 0 Å². The minimum absolute atomic E-state index is 0.0984. The van der Waals surface area contributed by atoms with Crippen LogP contribution in [0.4, 0.5) is 21.9 Å². The first-order chi connectivity index (χ1) is 12.8. The fraction of sp³-hybridized carbons (Fsp3) is 0.409. The van der Waals surface area contributed by atoms with Crippen molar-refractivity contribution in [2.75, 3.05) is 35.7 Å². The zero-order valence-corrected chi connectivity index (χ0v) is 16.6. The van der Waals surface area contributed by atoms with Crippen LogP contribution in [-0.2, 0) is 10.2 Å². The number of urea groups is 1. The van der Waals surface area contributed by atoms with Crippen LogP contribution < -0.4 is 15.5 Å². The third kappa shape index (κ3) is 5.01. The van der Waals surface area contributed by atoms with Gasteiger partial charge in [-0.2, -0.15) is 0 Å². The summed E-state index contributed by atoms with van der Waals surface area (Å²) in [6.07, 6.45) is 1.35. The number of anilines is 3. The van der Waals surface area contributed by atoms with Gasteiger partial charge < -0.3 is 20.3 Å². The Bertz CT molecular complexity index is 764. The van der Waals surface area contributed by atoms with E-state index < -0.39 is 0 Å². The fourth-order valence-corrected chi connectivity index (χ4v) is 3.26. The predicted octanol–water partition coefficient (Wildman–Crippen LogP) is 4.85. The van der Waals surface area contributed by atoms with E-state index in [1.165, 1.54) is 5.56 Å². The molecule has 0 aliphatic carbocycles. The van der Waals surface area contributed by atoms with E-state index in [1.54, 1.807) is 7.11 Å². The average molecular weight is 367 g/mol. The van der Waals surface area contributed by atoms with E-state index in [9.17, 15) is 4.79 Å². The lowest BCUT2D eigenvalue weighted by atomic mass is 9.87. The number of hydrogen-bond donors (Lipinski definition) is 2. The number of carbonyl (C=O) groups is 1. The predicted molar refractivity (Wildman–Crippen MR) is 112 cm³/mol. The molecule has 0 aromatic heterocycles. The van der Waals surface area contributed by atoms with Gasteiger partial charge in [-0.25, -0.2) is 4.79 Å². The molecule has 1 saturated heterocycles. The molecular formula is C22H29N3O2. The molecule has 1 heterocycles. The van der Waals surface area contributed by atoms with Gasteiger partial charge in [0.2, 0.25) is 0 Å². The van der Waals surface area contributed by atoms with Gasteiger partial charge >= 0.3 is 6.03 Å². The summed E-state index contributed by atoms with van der Waals surface area (Å²) in [6, 6.07) is 15.6. The molecule has 2 N–H and O–H groups in total. The van der Waals surface area contributed by atoms with Gasteiger partial charge in [-0.15, -0.1) is 0 Å². The maximum Gasteiger partial charge on any atom is 0.323 e. The maximum absolute atomic E-state index is 12.2. The van der Waals surface area contributed by atoms with Crippen LogP contribution in [0.2, 0.25) is 0 Å². The molecule has 1 aliphatic heterocycles. The number of amides is 2. The number of nitrogens with zero attached hydrogens (tertiary/aromatic N) is 1. The smallest absolute Gasteiger partial charge is 0.323 e. The number of hydrogen-bond acceptors (Lipinski definition) is 3. The molecule has 1 atom stereocenters. The van der Waals surface area contributed by atoms with Crippen LogP contribution >= 0.6 is 0 Å². The number of carbonyl (C=O) groups excluding carboxylic acids is 1. The Kier molecular flexibility index (Phi) is 5.71. The molecule has 2 aromatic rings. The molecule has 5 nitrogen and oxygen atoms in total. The van der Waals surface area contributed by atoms with E-state index in [4.69, 9.17) is 4.74 Å². The van der Waals surface area contributed by atoms with Crippen molar-refractivity contribution in [2.24, 2.45) is 0 Å². The van der Waals surface area contributed by atoms with Crippen molar-refractivity contribution >= 4 is 23.1 Å². The number of rotatable bonds is 4. The number of methoxy groups -OCH3 is 1. The van der Waals surface area contributed by atoms with Crippen molar-refractivity contribution in [3.63, 3.8) is 0 Å². The summed E-state index contributed by atoms with van der Waals surface area (Å²) in [5, 5.41) is 5.75. The van der Waals surface area contributed by atoms with Crippen LogP contribution in [0, 0.1) is 0 Å². The highest BCUT2D eigenvalue weighted by molar-refractivity contribution is 5.99. The Morgan fingerprint density at radius 3 is 2.04 bits per heavy atom. The van der Waals surface area contributed by atoms with Gasteiger partial charge in [-0.3, -0.25) is 0 Å². The van der Waals surface area contributed by atoms with Gasteiger partial charge in [0, 0.05) is 37.3 Å². The van der Waals surface area contributed by atoms with E-state index in [1.807, 2.05) is 48.5 Å². The molecule has 27 heavy (non-hydrogen) atoms. The van der Waals surface area contributed by atoms with Crippen molar-refractivity contribution in [3.8, 4) is 0 Å². The summed E-state index contributed by atoms with van der Waals surface area (Å²) in [5.74, 6) is 0. The molecule has 5 heteroatoms. The maximum atomic E-state index is 12.2. The molecule has 0 spiro atoms. The second kappa shape index (κ2) is 8.01. The highest BCUT2D eigenvalue weighted by atomic mass is 16.5. The summed E-state index contributed by atoms with van der Waals surface area (Å²) in [5.41, 5.74) is 4.03. The van der Waals surface area contributed by atoms with E-state index >= 15 is 0 Å². The Morgan fingerprint density at radius 1 is 1.00 bits per heavy atom. The molecule has 1 unspecified atom stereocenters. The lowest BCUT2D eigenvalue weighted by Crippen LogP contribution is -2.22. The first kappa shape index (κ1) is 19.2. The molecule has 2 amide bonds. The van der Waals surface area contributed by atoms with Crippen molar-refractivity contribution in [1.29, 1.82) is 0 Å². The van der Waals surface area contributed by atoms with Crippen molar-refractivity contribution < 1.29 is 9.53 Å². The quantitative estimate of drug-likeness (QED) is 0.812. The van der Waals surface area contributed by atoms with Crippen LogP contribution in [0.25, 0.3) is 0 Å². The normalized spacial score (nSPS) is 17.0. The molecule has 1 aliphatic rings. The minimum Gasteiger partial charge on any atom is -0.380 e. The largest absolute Gasteiger partial charge is 0.380 e. The fourth-order valence-electron chi connectivity index (χ4n) is 3.26. The first-order valence-corrected chi connectivity index (χ1v) is 9.41. The summed E-state index contributed by atoms with van der Waals surface area (Å²) >= 11 is 0. The molecule has 0 radical (unpaired) electrons. The number of benzene rings is 2. The van der Waals surface area contributed by atoms with E-state index in [-0.39, 0.29) is 11.4 Å². The molecule has 144 valence electrons. The Balaban J connectivity index is 1.55. The standard InChI is InChI=1S/C22H29N3O2/c1-22(2,3)16-5-7-17(8-6-16)23-21(26)24-18-9-11-19(12-10-18)25-14-13-20(15-25)27-4/h5-12,20H,13-15H2,1-4H3,(H2,23,24,26). The Morgan fingerprint density at radius 2 is 1.56 bits per heavy atom. The van der Waals surface area contributed by atoms with Crippen LogP contribution in [-0.4, -0.2) is 32.3 Å². The lowest BCUT2D eigenvalue weighted by Gasteiger charge is -2.19. The highest BCUT2D eigenvalue weighted by Crippen LogP contribution is 2.25. The number of nitrogens with one attached hydrogen (secondary N) is 2. The first-order valence-electron chi connectivity index (χ1n) is 9.41. The lowest BCUT2D eigenvalue weighted by molar-refractivity contribution is 0.121. The van der Waals surface area contributed by atoms with Crippen LogP contribution in [0.3, 0.4) is 0 Å². The summed E-state index contributed by atoms with van der Waals surface area (Å²) < 4.78 is 5.41. The van der Waals surface area contributed by atoms with Crippen molar-refractivity contribution in [3.05, 3.63) is 54.1 Å². The van der Waals surface area contributed by atoms with Gasteiger partial charge in [0.25, 0.3) is 0 Å². The second-order valence-electron chi connectivity index (χ2n) is 8.05. The number of ether oxygens (including phenoxy) is 1. The Hall–Kier alpha value is -2.53. The third-order valence-electron chi connectivity index (χ3n) is 4.98. The monoisotopic (exact) mass is 367 g/mol. The van der Waals surface area contributed by atoms with Crippen LogP contribution in [0.15, 0.2) is 48.5 Å². The Labute approximate surface area is 161 Å². The van der Waals surface area contributed by atoms with Gasteiger partial charge in [-0.05, 0) is 53.8 Å². The van der Waals surface area contributed by atoms with E-state index in [0.717, 1.165) is 36.6 Å². The SMILES string of the molecule is COC1CCN(c2ccc(NC(=O)Nc3ccc(C(C)(C)C)cc3)cc2)C1. The minimum atomic E-state index is -0.244. The van der Waals surface area contributed by atoms with Crippen molar-refractivity contribution in [2.45, 2.75) is 38.7 Å². The molecular weight excluding hydrogens is 338 g/mol. The average Bonchev–Trinajstić information content (AvgIpc) is 3.11. The topological polar surface area (TPSA) is 53.6 Å². The highest BCUT2D eigenvalue weighted by Gasteiger charge is 2.22. The summed E-state index contributed by atoms with van der Waals surface area (Å²) in [7, 11) is 1.76. The zero-order valence-electron chi connectivity index (χ0n) is 16.6. The van der Waals surface area contributed by atoms with Gasteiger partial charge in [0.15, 0.2) is 0 Å². The summed E-state index contributed by atoms with van der Waals surface area (Å²) in [4.78, 5) is 14.5. The van der Waals surface area contributed by atoms with E-state index in [2.05, 4.69) is 36.3 Å². The van der Waals surface area contributed by atoms with Crippen molar-refractivity contribution in [1.82, 2.24) is 0 Å². The summed E-state index contributed by atoms with van der Waals surface area (Å²) in [6.45, 7) is 8.42. The second-order valence-corrected chi connectivity index (χ2v) is 8.05. The zero-order chi connectivity index (χ0) is 19.4.